The molecular weight excluding hydrogens is 410 g/mol. The highest BCUT2D eigenvalue weighted by molar-refractivity contribution is 7.10. The normalized spacial score (nSPS) is 16.7. The molecule has 0 bridgehead atoms. The highest BCUT2D eigenvalue weighted by Crippen LogP contribution is 2.30. The minimum Gasteiger partial charge on any atom is -0.369 e. The summed E-state index contributed by atoms with van der Waals surface area (Å²) in [4.78, 5) is 32.6. The lowest BCUT2D eigenvalue weighted by molar-refractivity contribution is -0.139. The molecule has 1 aliphatic rings. The third-order valence-electron chi connectivity index (χ3n) is 5.55. The first kappa shape index (κ1) is 23.2. The number of carbonyl (C=O) groups excluding carboxylic acids is 2. The van der Waals surface area contributed by atoms with Crippen LogP contribution in [0.25, 0.3) is 0 Å². The van der Waals surface area contributed by atoms with Gasteiger partial charge in [-0.15, -0.1) is 11.3 Å². The zero-order valence-corrected chi connectivity index (χ0v) is 19.4. The molecule has 2 atom stereocenters. The monoisotopic (exact) mass is 443 g/mol. The molecule has 1 fully saturated rings. The van der Waals surface area contributed by atoms with E-state index in [1.54, 1.807) is 11.3 Å². The first-order valence-electron chi connectivity index (χ1n) is 10.8. The molecule has 0 unspecified atom stereocenters. The van der Waals surface area contributed by atoms with Gasteiger partial charge in [0.2, 0.25) is 0 Å². The van der Waals surface area contributed by atoms with Crippen molar-refractivity contribution in [1.82, 2.24) is 20.4 Å². The zero-order valence-electron chi connectivity index (χ0n) is 18.6. The lowest BCUT2D eigenvalue weighted by Gasteiger charge is -2.42. The molecule has 0 aliphatic carbocycles. The van der Waals surface area contributed by atoms with Crippen LogP contribution in [-0.4, -0.2) is 81.0 Å². The van der Waals surface area contributed by atoms with E-state index in [0.29, 0.717) is 13.1 Å². The number of para-hydroxylation sites is 1. The Labute approximate surface area is 189 Å². The molecule has 0 saturated carbocycles. The molecule has 2 N–H and O–H groups in total. The molecule has 1 aromatic heterocycles. The lowest BCUT2D eigenvalue weighted by Crippen LogP contribution is -2.54. The number of amides is 2. The summed E-state index contributed by atoms with van der Waals surface area (Å²) in [5, 5.41) is 7.68. The summed E-state index contributed by atoms with van der Waals surface area (Å²) in [6, 6.07) is 14.5. The number of rotatable bonds is 8. The number of thiophene rings is 1. The Hall–Kier alpha value is -2.42. The minimum absolute atomic E-state index is 0.0384. The second-order valence-corrected chi connectivity index (χ2v) is 9.12. The highest BCUT2D eigenvalue weighted by Gasteiger charge is 2.31. The van der Waals surface area contributed by atoms with Crippen molar-refractivity contribution in [2.45, 2.75) is 19.0 Å². The van der Waals surface area contributed by atoms with Crippen molar-refractivity contribution < 1.29 is 9.59 Å². The van der Waals surface area contributed by atoms with Gasteiger partial charge in [-0.05, 0) is 44.6 Å². The summed E-state index contributed by atoms with van der Waals surface area (Å²) in [6.45, 7) is 6.77. The second kappa shape index (κ2) is 11.3. The molecule has 2 amide bonds. The number of nitrogens with one attached hydrogen (secondary N) is 2. The van der Waals surface area contributed by atoms with E-state index >= 15 is 0 Å². The number of hydrogen-bond acceptors (Lipinski definition) is 6. The van der Waals surface area contributed by atoms with Gasteiger partial charge >= 0.3 is 11.8 Å². The summed E-state index contributed by atoms with van der Waals surface area (Å²) in [5.74, 6) is -1.15. The molecule has 1 aliphatic heterocycles. The van der Waals surface area contributed by atoms with E-state index in [4.69, 9.17) is 0 Å². The van der Waals surface area contributed by atoms with Gasteiger partial charge in [0.05, 0.1) is 6.04 Å². The van der Waals surface area contributed by atoms with Crippen LogP contribution in [0.2, 0.25) is 0 Å². The topological polar surface area (TPSA) is 67.9 Å². The molecular formula is C23H33N5O2S. The van der Waals surface area contributed by atoms with Crippen LogP contribution >= 0.6 is 11.3 Å². The van der Waals surface area contributed by atoms with E-state index in [-0.39, 0.29) is 12.1 Å². The number of carbonyl (C=O) groups is 2. The van der Waals surface area contributed by atoms with Crippen LogP contribution in [0, 0.1) is 0 Å². The highest BCUT2D eigenvalue weighted by atomic mass is 32.1. The van der Waals surface area contributed by atoms with Gasteiger partial charge in [-0.25, -0.2) is 0 Å². The smallest absolute Gasteiger partial charge is 0.309 e. The molecule has 2 aromatic rings. The molecule has 0 spiro atoms. The zero-order chi connectivity index (χ0) is 22.2. The number of hydrogen-bond donors (Lipinski definition) is 2. The van der Waals surface area contributed by atoms with Crippen molar-refractivity contribution in [2.24, 2.45) is 0 Å². The van der Waals surface area contributed by atoms with Crippen molar-refractivity contribution in [2.75, 3.05) is 58.3 Å². The Balaban J connectivity index is 1.61. The number of nitrogens with zero attached hydrogens (tertiary/aromatic N) is 3. The fraction of sp³-hybridized carbons (Fsp3) is 0.478. The molecule has 31 heavy (non-hydrogen) atoms. The summed E-state index contributed by atoms with van der Waals surface area (Å²) in [7, 11) is 3.86. The molecule has 1 aromatic carbocycles. The Morgan fingerprint density at radius 2 is 1.74 bits per heavy atom. The van der Waals surface area contributed by atoms with Crippen LogP contribution in [0.15, 0.2) is 47.8 Å². The fourth-order valence-corrected chi connectivity index (χ4v) is 4.89. The van der Waals surface area contributed by atoms with Gasteiger partial charge in [-0.2, -0.15) is 0 Å². The quantitative estimate of drug-likeness (QED) is 0.609. The average Bonchev–Trinajstić information content (AvgIpc) is 3.29. The van der Waals surface area contributed by atoms with E-state index in [0.717, 1.165) is 26.2 Å². The van der Waals surface area contributed by atoms with Gasteiger partial charge in [-0.1, -0.05) is 24.3 Å². The van der Waals surface area contributed by atoms with Crippen LogP contribution in [0.3, 0.4) is 0 Å². The van der Waals surface area contributed by atoms with Crippen molar-refractivity contribution in [3.63, 3.8) is 0 Å². The van der Waals surface area contributed by atoms with Crippen LogP contribution < -0.4 is 15.5 Å². The predicted molar refractivity (Wildman–Crippen MR) is 126 cm³/mol. The van der Waals surface area contributed by atoms with Crippen LogP contribution in [0.4, 0.5) is 5.69 Å². The standard InChI is InChI=1S/C23H33N5O2S/c1-18(25-23(30)22(29)24-11-12-26(2)3)21(20-10-7-17-31-20)28-15-13-27(14-16-28)19-8-5-4-6-9-19/h4-10,17-18,21H,11-16H2,1-3H3,(H,24,29)(H,25,30)/t18-,21+/m1/s1. The van der Waals surface area contributed by atoms with Gasteiger partial charge in [-0.3, -0.25) is 14.5 Å². The van der Waals surface area contributed by atoms with Crippen LogP contribution in [-0.2, 0) is 9.59 Å². The maximum absolute atomic E-state index is 12.5. The van der Waals surface area contributed by atoms with Gasteiger partial charge in [0.25, 0.3) is 0 Å². The van der Waals surface area contributed by atoms with E-state index < -0.39 is 11.8 Å². The van der Waals surface area contributed by atoms with Gasteiger partial charge in [0.1, 0.15) is 0 Å². The first-order chi connectivity index (χ1) is 15.0. The Kier molecular flexibility index (Phi) is 8.45. The number of anilines is 1. The van der Waals surface area contributed by atoms with Crippen molar-refractivity contribution >= 4 is 28.8 Å². The summed E-state index contributed by atoms with van der Waals surface area (Å²) >= 11 is 1.69. The molecule has 168 valence electrons. The van der Waals surface area contributed by atoms with Crippen molar-refractivity contribution in [3.05, 3.63) is 52.7 Å². The van der Waals surface area contributed by atoms with Gasteiger partial charge in [0, 0.05) is 55.9 Å². The summed E-state index contributed by atoms with van der Waals surface area (Å²) in [5.41, 5.74) is 1.24. The van der Waals surface area contributed by atoms with E-state index in [9.17, 15) is 9.59 Å². The SMILES string of the molecule is C[C@@H](NC(=O)C(=O)NCCN(C)C)[C@@H](c1cccs1)N1CCN(c2ccccc2)CC1. The molecule has 0 radical (unpaired) electrons. The van der Waals surface area contributed by atoms with E-state index in [2.05, 4.69) is 56.1 Å². The largest absolute Gasteiger partial charge is 0.369 e. The minimum atomic E-state index is -0.576. The van der Waals surface area contributed by atoms with Crippen molar-refractivity contribution in [1.29, 1.82) is 0 Å². The molecule has 2 heterocycles. The Morgan fingerprint density at radius 3 is 2.35 bits per heavy atom. The molecule has 1 saturated heterocycles. The number of piperazine rings is 1. The number of benzene rings is 1. The molecule has 8 heteroatoms. The van der Waals surface area contributed by atoms with Gasteiger partial charge in [0.15, 0.2) is 0 Å². The van der Waals surface area contributed by atoms with Crippen molar-refractivity contribution in [3.8, 4) is 0 Å². The maximum Gasteiger partial charge on any atom is 0.309 e. The second-order valence-electron chi connectivity index (χ2n) is 8.14. The predicted octanol–water partition coefficient (Wildman–Crippen LogP) is 1.79. The average molecular weight is 444 g/mol. The molecule has 3 rings (SSSR count). The third kappa shape index (κ3) is 6.53. The van der Waals surface area contributed by atoms with Gasteiger partial charge < -0.3 is 20.4 Å². The maximum atomic E-state index is 12.5. The fourth-order valence-electron chi connectivity index (χ4n) is 3.92. The van der Waals surface area contributed by atoms with E-state index in [1.807, 2.05) is 38.1 Å². The van der Waals surface area contributed by atoms with Crippen LogP contribution in [0.5, 0.6) is 0 Å². The van der Waals surface area contributed by atoms with E-state index in [1.165, 1.54) is 10.6 Å². The summed E-state index contributed by atoms with van der Waals surface area (Å²) < 4.78 is 0. The third-order valence-corrected chi connectivity index (χ3v) is 6.49. The van der Waals surface area contributed by atoms with Crippen LogP contribution in [0.1, 0.15) is 17.8 Å². The summed E-state index contributed by atoms with van der Waals surface area (Å²) in [6.07, 6.45) is 0. The first-order valence-corrected chi connectivity index (χ1v) is 11.6. The Morgan fingerprint density at radius 1 is 1.03 bits per heavy atom. The molecule has 7 nitrogen and oxygen atoms in total. The number of likely N-dealkylation sites (N-methyl/N-ethyl adjacent to an activating group) is 1. The lowest BCUT2D eigenvalue weighted by atomic mass is 10.0. The Bertz CT molecular complexity index is 820.